The van der Waals surface area contributed by atoms with Crippen LogP contribution >= 0.6 is 0 Å². The van der Waals surface area contributed by atoms with Crippen LogP contribution in [0.2, 0.25) is 0 Å². The van der Waals surface area contributed by atoms with Gasteiger partial charge in [0.1, 0.15) is 6.07 Å². The Bertz CT molecular complexity index is 825. The molecular formula is C16H13N5. The van der Waals surface area contributed by atoms with Gasteiger partial charge in [0.2, 0.25) is 0 Å². The summed E-state index contributed by atoms with van der Waals surface area (Å²) in [4.78, 5) is 4.39. The molecule has 5 nitrogen and oxygen atoms in total. The van der Waals surface area contributed by atoms with Crippen molar-refractivity contribution in [3.8, 4) is 23.0 Å². The number of nitrogen functional groups attached to an aromatic ring is 1. The van der Waals surface area contributed by atoms with Crippen LogP contribution in [0.15, 0.2) is 48.8 Å². The second-order valence-electron chi connectivity index (χ2n) is 4.73. The van der Waals surface area contributed by atoms with Gasteiger partial charge in [0.05, 0.1) is 11.8 Å². The molecule has 0 amide bonds. The zero-order valence-corrected chi connectivity index (χ0v) is 11.5. The number of pyridine rings is 1. The van der Waals surface area contributed by atoms with Crippen LogP contribution in [0.25, 0.3) is 16.9 Å². The molecule has 5 heteroatoms. The van der Waals surface area contributed by atoms with Gasteiger partial charge in [0.15, 0.2) is 5.82 Å². The Morgan fingerprint density at radius 2 is 1.86 bits per heavy atom. The van der Waals surface area contributed by atoms with Gasteiger partial charge in [0.25, 0.3) is 0 Å². The van der Waals surface area contributed by atoms with Crippen molar-refractivity contribution in [3.63, 3.8) is 0 Å². The van der Waals surface area contributed by atoms with Crippen LogP contribution in [-0.4, -0.2) is 14.8 Å². The predicted molar refractivity (Wildman–Crippen MR) is 80.7 cm³/mol. The monoisotopic (exact) mass is 275 g/mol. The van der Waals surface area contributed by atoms with Crippen LogP contribution in [0.1, 0.15) is 11.3 Å². The Labute approximate surface area is 122 Å². The number of nitrogens with zero attached hydrogens (tertiary/aromatic N) is 4. The molecule has 102 valence electrons. The first-order chi connectivity index (χ1) is 10.2. The third kappa shape index (κ3) is 2.47. The van der Waals surface area contributed by atoms with Crippen molar-refractivity contribution in [3.05, 3.63) is 60.0 Å². The van der Waals surface area contributed by atoms with E-state index in [0.29, 0.717) is 11.4 Å². The standard InChI is InChI=1S/C16H13N5/c1-11-2-3-13(8-17)16(20-11)21-10-14(9-19-21)12-4-6-15(18)7-5-12/h2-7,9-10H,18H2,1H3. The van der Waals surface area contributed by atoms with E-state index in [1.165, 1.54) is 0 Å². The molecule has 0 bridgehead atoms. The fraction of sp³-hybridized carbons (Fsp3) is 0.0625. The minimum Gasteiger partial charge on any atom is -0.399 e. The summed E-state index contributed by atoms with van der Waals surface area (Å²) in [7, 11) is 0. The number of nitriles is 1. The van der Waals surface area contributed by atoms with E-state index in [1.54, 1.807) is 16.9 Å². The molecule has 21 heavy (non-hydrogen) atoms. The highest BCUT2D eigenvalue weighted by Crippen LogP contribution is 2.21. The first kappa shape index (κ1) is 12.9. The van der Waals surface area contributed by atoms with Gasteiger partial charge in [-0.05, 0) is 36.8 Å². The number of hydrogen-bond acceptors (Lipinski definition) is 4. The first-order valence-electron chi connectivity index (χ1n) is 6.46. The van der Waals surface area contributed by atoms with Crippen molar-refractivity contribution in [2.75, 3.05) is 5.73 Å². The summed E-state index contributed by atoms with van der Waals surface area (Å²) in [6, 6.07) is 13.3. The molecule has 0 saturated heterocycles. The molecule has 0 fully saturated rings. The number of rotatable bonds is 2. The average molecular weight is 275 g/mol. The van der Waals surface area contributed by atoms with Crippen LogP contribution in [0.3, 0.4) is 0 Å². The second-order valence-corrected chi connectivity index (χ2v) is 4.73. The summed E-state index contributed by atoms with van der Waals surface area (Å²) >= 11 is 0. The van der Waals surface area contributed by atoms with Gasteiger partial charge in [-0.3, -0.25) is 0 Å². The van der Waals surface area contributed by atoms with E-state index in [2.05, 4.69) is 16.2 Å². The van der Waals surface area contributed by atoms with Crippen molar-refractivity contribution in [2.45, 2.75) is 6.92 Å². The zero-order chi connectivity index (χ0) is 14.8. The number of nitrogens with two attached hydrogens (primary N) is 1. The number of benzene rings is 1. The number of aryl methyl sites for hydroxylation is 1. The van der Waals surface area contributed by atoms with Crippen LogP contribution in [0, 0.1) is 18.3 Å². The topological polar surface area (TPSA) is 80.5 Å². The van der Waals surface area contributed by atoms with E-state index in [4.69, 9.17) is 5.73 Å². The minimum atomic E-state index is 0.493. The highest BCUT2D eigenvalue weighted by molar-refractivity contribution is 5.64. The first-order valence-corrected chi connectivity index (χ1v) is 6.46. The molecule has 0 aliphatic rings. The SMILES string of the molecule is Cc1ccc(C#N)c(-n2cc(-c3ccc(N)cc3)cn2)n1. The van der Waals surface area contributed by atoms with Crippen molar-refractivity contribution in [2.24, 2.45) is 0 Å². The lowest BCUT2D eigenvalue weighted by Gasteiger charge is -2.03. The number of aromatic nitrogens is 3. The van der Waals surface area contributed by atoms with Crippen LogP contribution < -0.4 is 5.73 Å². The zero-order valence-electron chi connectivity index (χ0n) is 11.5. The molecule has 0 spiro atoms. The lowest BCUT2D eigenvalue weighted by atomic mass is 10.1. The molecule has 0 unspecified atom stereocenters. The van der Waals surface area contributed by atoms with E-state index < -0.39 is 0 Å². The maximum Gasteiger partial charge on any atom is 0.171 e. The van der Waals surface area contributed by atoms with E-state index >= 15 is 0 Å². The molecule has 3 aromatic rings. The summed E-state index contributed by atoms with van der Waals surface area (Å²) < 4.78 is 1.62. The van der Waals surface area contributed by atoms with Crippen LogP contribution in [-0.2, 0) is 0 Å². The summed E-state index contributed by atoms with van der Waals surface area (Å²) in [5.41, 5.74) is 9.71. The fourth-order valence-electron chi connectivity index (χ4n) is 2.07. The highest BCUT2D eigenvalue weighted by atomic mass is 15.3. The molecule has 2 N–H and O–H groups in total. The Hall–Kier alpha value is -3.13. The summed E-state index contributed by atoms with van der Waals surface area (Å²) in [6.45, 7) is 1.88. The quantitative estimate of drug-likeness (QED) is 0.729. The van der Waals surface area contributed by atoms with Crippen molar-refractivity contribution in [1.82, 2.24) is 14.8 Å². The molecule has 2 aromatic heterocycles. The van der Waals surface area contributed by atoms with Gasteiger partial charge in [-0.2, -0.15) is 10.4 Å². The Morgan fingerprint density at radius 1 is 1.10 bits per heavy atom. The number of anilines is 1. The van der Waals surface area contributed by atoms with Gasteiger partial charge in [0, 0.05) is 23.1 Å². The summed E-state index contributed by atoms with van der Waals surface area (Å²) in [5.74, 6) is 0.541. The van der Waals surface area contributed by atoms with Gasteiger partial charge >= 0.3 is 0 Å². The van der Waals surface area contributed by atoms with E-state index in [-0.39, 0.29) is 0 Å². The molecule has 3 rings (SSSR count). The lowest BCUT2D eigenvalue weighted by Crippen LogP contribution is -2.02. The van der Waals surface area contributed by atoms with Gasteiger partial charge in [-0.15, -0.1) is 0 Å². The van der Waals surface area contributed by atoms with Crippen molar-refractivity contribution >= 4 is 5.69 Å². The maximum absolute atomic E-state index is 9.18. The minimum absolute atomic E-state index is 0.493. The van der Waals surface area contributed by atoms with Crippen molar-refractivity contribution in [1.29, 1.82) is 5.26 Å². The summed E-state index contributed by atoms with van der Waals surface area (Å²) in [5, 5.41) is 13.5. The normalized spacial score (nSPS) is 10.3. The van der Waals surface area contributed by atoms with Gasteiger partial charge < -0.3 is 5.73 Å². The molecule has 0 aliphatic heterocycles. The summed E-state index contributed by atoms with van der Waals surface area (Å²) in [6.07, 6.45) is 3.60. The van der Waals surface area contributed by atoms with Crippen LogP contribution in [0.4, 0.5) is 5.69 Å². The largest absolute Gasteiger partial charge is 0.399 e. The third-order valence-corrected chi connectivity index (χ3v) is 3.18. The molecule has 0 aliphatic carbocycles. The van der Waals surface area contributed by atoms with E-state index in [0.717, 1.165) is 22.5 Å². The van der Waals surface area contributed by atoms with Gasteiger partial charge in [-0.25, -0.2) is 9.67 Å². The number of hydrogen-bond donors (Lipinski definition) is 1. The highest BCUT2D eigenvalue weighted by Gasteiger charge is 2.09. The molecule has 0 radical (unpaired) electrons. The molecule has 0 saturated carbocycles. The molecular weight excluding hydrogens is 262 g/mol. The van der Waals surface area contributed by atoms with E-state index in [9.17, 15) is 5.26 Å². The second kappa shape index (κ2) is 5.10. The van der Waals surface area contributed by atoms with E-state index in [1.807, 2.05) is 43.5 Å². The molecule has 2 heterocycles. The average Bonchev–Trinajstić information content (AvgIpc) is 2.97. The maximum atomic E-state index is 9.18. The van der Waals surface area contributed by atoms with Gasteiger partial charge in [-0.1, -0.05) is 12.1 Å². The fourth-order valence-corrected chi connectivity index (χ4v) is 2.07. The van der Waals surface area contributed by atoms with Crippen LogP contribution in [0.5, 0.6) is 0 Å². The third-order valence-electron chi connectivity index (χ3n) is 3.18. The predicted octanol–water partition coefficient (Wildman–Crippen LogP) is 2.70. The Morgan fingerprint density at radius 3 is 2.57 bits per heavy atom. The molecule has 0 atom stereocenters. The van der Waals surface area contributed by atoms with Crippen molar-refractivity contribution < 1.29 is 0 Å². The molecule has 1 aromatic carbocycles. The lowest BCUT2D eigenvalue weighted by molar-refractivity contribution is 0.837. The smallest absolute Gasteiger partial charge is 0.171 e. The Kier molecular flexibility index (Phi) is 3.13. The Balaban J connectivity index is 2.05.